The Bertz CT molecular complexity index is 408. The lowest BCUT2D eigenvalue weighted by Gasteiger charge is -2.35. The molecule has 2 heterocycles. The summed E-state index contributed by atoms with van der Waals surface area (Å²) in [6.07, 6.45) is 5.88. The fourth-order valence-electron chi connectivity index (χ4n) is 2.61. The molecule has 1 unspecified atom stereocenters. The number of carbonyl (C=O) groups is 1. The topological polar surface area (TPSA) is 20.3 Å². The molecule has 0 bridgehead atoms. The third-order valence-electron chi connectivity index (χ3n) is 3.58. The predicted octanol–water partition coefficient (Wildman–Crippen LogP) is 4.61. The molecule has 1 atom stereocenters. The number of piperidine rings is 1. The minimum Gasteiger partial charge on any atom is -0.335 e. The molecule has 1 aromatic heterocycles. The van der Waals surface area contributed by atoms with Crippen molar-refractivity contribution in [2.24, 2.45) is 0 Å². The Morgan fingerprint density at radius 2 is 2.33 bits per heavy atom. The van der Waals surface area contributed by atoms with E-state index < -0.39 is 0 Å². The molecule has 4 heteroatoms. The van der Waals surface area contributed by atoms with Crippen molar-refractivity contribution < 1.29 is 4.79 Å². The Kier molecular flexibility index (Phi) is 4.84. The van der Waals surface area contributed by atoms with Gasteiger partial charge in [0.25, 0.3) is 5.91 Å². The Hall–Kier alpha value is -0.350. The standard InChI is InChI=1S/C14H20BrNOS/c1-3-6-11-7-4-5-8-16(11)14(17)12-9-10(2)13(15)18-12/h9,11H,3-8H2,1-2H3. The summed E-state index contributed by atoms with van der Waals surface area (Å²) in [7, 11) is 0. The van der Waals surface area contributed by atoms with Gasteiger partial charge in [0.15, 0.2) is 0 Å². The summed E-state index contributed by atoms with van der Waals surface area (Å²) in [5.74, 6) is 0.229. The summed E-state index contributed by atoms with van der Waals surface area (Å²) >= 11 is 5.06. The Morgan fingerprint density at radius 1 is 1.56 bits per heavy atom. The number of amides is 1. The molecule has 0 aromatic carbocycles. The number of hydrogen-bond donors (Lipinski definition) is 0. The number of carbonyl (C=O) groups excluding carboxylic acids is 1. The monoisotopic (exact) mass is 329 g/mol. The number of rotatable bonds is 3. The smallest absolute Gasteiger partial charge is 0.264 e. The van der Waals surface area contributed by atoms with Gasteiger partial charge < -0.3 is 4.90 Å². The van der Waals surface area contributed by atoms with Crippen LogP contribution >= 0.6 is 27.3 Å². The van der Waals surface area contributed by atoms with Crippen LogP contribution in [0.3, 0.4) is 0 Å². The SMILES string of the molecule is CCCC1CCCCN1C(=O)c1cc(C)c(Br)s1. The average molecular weight is 330 g/mol. The molecule has 1 aliphatic heterocycles. The van der Waals surface area contributed by atoms with Crippen LogP contribution in [-0.4, -0.2) is 23.4 Å². The van der Waals surface area contributed by atoms with E-state index in [9.17, 15) is 4.79 Å². The van der Waals surface area contributed by atoms with E-state index in [1.807, 2.05) is 13.0 Å². The lowest BCUT2D eigenvalue weighted by Crippen LogP contribution is -2.43. The van der Waals surface area contributed by atoms with E-state index in [1.165, 1.54) is 12.8 Å². The maximum atomic E-state index is 12.6. The summed E-state index contributed by atoms with van der Waals surface area (Å²) in [6.45, 7) is 5.16. The minimum atomic E-state index is 0.229. The van der Waals surface area contributed by atoms with Crippen LogP contribution in [0, 0.1) is 6.92 Å². The molecule has 0 radical (unpaired) electrons. The van der Waals surface area contributed by atoms with E-state index in [0.717, 1.165) is 40.0 Å². The second-order valence-electron chi connectivity index (χ2n) is 5.00. The van der Waals surface area contributed by atoms with Gasteiger partial charge in [-0.1, -0.05) is 13.3 Å². The van der Waals surface area contributed by atoms with Gasteiger partial charge in [-0.25, -0.2) is 0 Å². The van der Waals surface area contributed by atoms with E-state index in [-0.39, 0.29) is 5.91 Å². The van der Waals surface area contributed by atoms with E-state index in [0.29, 0.717) is 6.04 Å². The number of likely N-dealkylation sites (tertiary alicyclic amines) is 1. The van der Waals surface area contributed by atoms with Crippen molar-refractivity contribution in [3.05, 3.63) is 20.3 Å². The molecule has 1 aliphatic rings. The zero-order valence-electron chi connectivity index (χ0n) is 11.0. The molecular formula is C14H20BrNOS. The number of halogens is 1. The molecular weight excluding hydrogens is 310 g/mol. The van der Waals surface area contributed by atoms with Gasteiger partial charge in [-0.15, -0.1) is 11.3 Å². The summed E-state index contributed by atoms with van der Waals surface area (Å²) in [5.41, 5.74) is 1.16. The highest BCUT2D eigenvalue weighted by molar-refractivity contribution is 9.11. The van der Waals surface area contributed by atoms with E-state index in [1.54, 1.807) is 11.3 Å². The van der Waals surface area contributed by atoms with E-state index >= 15 is 0 Å². The van der Waals surface area contributed by atoms with Crippen LogP contribution in [0.1, 0.15) is 54.3 Å². The van der Waals surface area contributed by atoms with E-state index in [2.05, 4.69) is 27.8 Å². The molecule has 1 aromatic rings. The van der Waals surface area contributed by atoms with Crippen LogP contribution in [-0.2, 0) is 0 Å². The second-order valence-corrected chi connectivity index (χ2v) is 7.37. The molecule has 0 spiro atoms. The number of nitrogens with zero attached hydrogens (tertiary/aromatic N) is 1. The zero-order valence-corrected chi connectivity index (χ0v) is 13.4. The molecule has 2 nitrogen and oxygen atoms in total. The maximum absolute atomic E-state index is 12.6. The van der Waals surface area contributed by atoms with Crippen molar-refractivity contribution >= 4 is 33.2 Å². The fourth-order valence-corrected chi connectivity index (χ4v) is 4.10. The Balaban J connectivity index is 2.15. The Labute approximate surface area is 122 Å². The van der Waals surface area contributed by atoms with Crippen LogP contribution in [0.5, 0.6) is 0 Å². The summed E-state index contributed by atoms with van der Waals surface area (Å²) in [4.78, 5) is 15.5. The van der Waals surface area contributed by atoms with Gasteiger partial charge in [-0.2, -0.15) is 0 Å². The van der Waals surface area contributed by atoms with Gasteiger partial charge in [-0.05, 0) is 60.2 Å². The first-order valence-corrected chi connectivity index (χ1v) is 8.31. The largest absolute Gasteiger partial charge is 0.335 e. The van der Waals surface area contributed by atoms with Crippen molar-refractivity contribution in [3.63, 3.8) is 0 Å². The highest BCUT2D eigenvalue weighted by atomic mass is 79.9. The van der Waals surface area contributed by atoms with Gasteiger partial charge in [0.05, 0.1) is 8.66 Å². The first-order valence-electron chi connectivity index (χ1n) is 6.70. The Morgan fingerprint density at radius 3 is 2.94 bits per heavy atom. The third kappa shape index (κ3) is 2.97. The minimum absolute atomic E-state index is 0.229. The molecule has 100 valence electrons. The molecule has 1 saturated heterocycles. The highest BCUT2D eigenvalue weighted by Gasteiger charge is 2.27. The predicted molar refractivity (Wildman–Crippen MR) is 80.3 cm³/mol. The van der Waals surface area contributed by atoms with Crippen molar-refractivity contribution in [2.45, 2.75) is 52.0 Å². The lowest BCUT2D eigenvalue weighted by molar-refractivity contribution is 0.0605. The van der Waals surface area contributed by atoms with Gasteiger partial charge in [0, 0.05) is 12.6 Å². The van der Waals surface area contributed by atoms with Gasteiger partial charge in [0.2, 0.25) is 0 Å². The fraction of sp³-hybridized carbons (Fsp3) is 0.643. The van der Waals surface area contributed by atoms with Crippen molar-refractivity contribution in [2.75, 3.05) is 6.54 Å². The highest BCUT2D eigenvalue weighted by Crippen LogP contribution is 2.30. The van der Waals surface area contributed by atoms with Crippen molar-refractivity contribution in [1.29, 1.82) is 0 Å². The molecule has 1 amide bonds. The van der Waals surface area contributed by atoms with Crippen LogP contribution in [0.25, 0.3) is 0 Å². The molecule has 1 fully saturated rings. The first-order chi connectivity index (χ1) is 8.63. The first kappa shape index (κ1) is 14.1. The summed E-state index contributed by atoms with van der Waals surface area (Å²) in [5, 5.41) is 0. The van der Waals surface area contributed by atoms with Gasteiger partial charge in [0.1, 0.15) is 0 Å². The molecule has 0 aliphatic carbocycles. The average Bonchev–Trinajstić information content (AvgIpc) is 2.70. The number of aryl methyl sites for hydroxylation is 1. The van der Waals surface area contributed by atoms with Crippen molar-refractivity contribution in [1.82, 2.24) is 4.90 Å². The second kappa shape index (κ2) is 6.20. The molecule has 2 rings (SSSR count). The summed E-state index contributed by atoms with van der Waals surface area (Å²) in [6, 6.07) is 2.46. The lowest BCUT2D eigenvalue weighted by atomic mass is 9.98. The number of thiophene rings is 1. The van der Waals surface area contributed by atoms with Crippen LogP contribution in [0.15, 0.2) is 9.85 Å². The van der Waals surface area contributed by atoms with Gasteiger partial charge in [-0.3, -0.25) is 4.79 Å². The zero-order chi connectivity index (χ0) is 13.1. The molecule has 0 N–H and O–H groups in total. The molecule has 0 saturated carbocycles. The van der Waals surface area contributed by atoms with Crippen molar-refractivity contribution in [3.8, 4) is 0 Å². The summed E-state index contributed by atoms with van der Waals surface area (Å²) < 4.78 is 1.08. The van der Waals surface area contributed by atoms with Gasteiger partial charge >= 0.3 is 0 Å². The third-order valence-corrected chi connectivity index (χ3v) is 5.70. The normalized spacial score (nSPS) is 20.2. The van der Waals surface area contributed by atoms with Crippen LogP contribution in [0.4, 0.5) is 0 Å². The van der Waals surface area contributed by atoms with Crippen LogP contribution in [0.2, 0.25) is 0 Å². The quantitative estimate of drug-likeness (QED) is 0.792. The molecule has 18 heavy (non-hydrogen) atoms. The van der Waals surface area contributed by atoms with Crippen LogP contribution < -0.4 is 0 Å². The number of hydrogen-bond acceptors (Lipinski definition) is 2. The van der Waals surface area contributed by atoms with E-state index in [4.69, 9.17) is 0 Å². The maximum Gasteiger partial charge on any atom is 0.264 e.